The fourth-order valence-corrected chi connectivity index (χ4v) is 4.04. The van der Waals surface area contributed by atoms with E-state index in [9.17, 15) is 8.78 Å². The third-order valence-corrected chi connectivity index (χ3v) is 5.74. The van der Waals surface area contributed by atoms with Crippen LogP contribution in [0.15, 0.2) is 48.6 Å². The molecule has 0 heterocycles. The van der Waals surface area contributed by atoms with Gasteiger partial charge in [-0.25, -0.2) is 4.39 Å². The van der Waals surface area contributed by atoms with Crippen LogP contribution in [0.2, 0.25) is 0 Å². The zero-order chi connectivity index (χ0) is 19.9. The Hall–Kier alpha value is -2.16. The summed E-state index contributed by atoms with van der Waals surface area (Å²) >= 11 is 0. The van der Waals surface area contributed by atoms with Gasteiger partial charge in [0, 0.05) is 0 Å². The molecule has 0 bridgehead atoms. The molecule has 0 radical (unpaired) electrons. The van der Waals surface area contributed by atoms with E-state index in [1.807, 2.05) is 0 Å². The summed E-state index contributed by atoms with van der Waals surface area (Å²) in [5.41, 5.74) is 3.18. The fourth-order valence-electron chi connectivity index (χ4n) is 4.04. The summed E-state index contributed by atoms with van der Waals surface area (Å²) in [7, 11) is 0. The standard InChI is InChI=1S/C25H30F2O/c1-3-28-23-17-16-22(24(26)25(23)27)7-5-4-6-19-10-14-21(15-11-19)20-12-8-18(2)9-13-20/h4,6,8-9,12-13,16-17,19,21H,3,5,7,10-11,14-15H2,1-2H3. The lowest BCUT2D eigenvalue weighted by atomic mass is 9.78. The van der Waals surface area contributed by atoms with Gasteiger partial charge in [0.2, 0.25) is 5.82 Å². The van der Waals surface area contributed by atoms with Gasteiger partial charge in [-0.05, 0) is 81.4 Å². The van der Waals surface area contributed by atoms with Crippen LogP contribution in [0.3, 0.4) is 0 Å². The molecule has 1 saturated carbocycles. The fraction of sp³-hybridized carbons (Fsp3) is 0.440. The first-order valence-corrected chi connectivity index (χ1v) is 10.4. The van der Waals surface area contributed by atoms with Crippen LogP contribution in [-0.4, -0.2) is 6.61 Å². The van der Waals surface area contributed by atoms with Crippen LogP contribution in [0.4, 0.5) is 8.78 Å². The van der Waals surface area contributed by atoms with Gasteiger partial charge in [0.05, 0.1) is 6.61 Å². The normalized spacial score (nSPS) is 19.9. The Morgan fingerprint density at radius 3 is 2.36 bits per heavy atom. The van der Waals surface area contributed by atoms with Crippen molar-refractivity contribution in [3.05, 3.63) is 76.9 Å². The van der Waals surface area contributed by atoms with Crippen LogP contribution in [0.5, 0.6) is 5.75 Å². The van der Waals surface area contributed by atoms with Gasteiger partial charge < -0.3 is 4.74 Å². The average molecular weight is 385 g/mol. The van der Waals surface area contributed by atoms with E-state index < -0.39 is 11.6 Å². The first-order chi connectivity index (χ1) is 13.6. The van der Waals surface area contributed by atoms with Crippen molar-refractivity contribution in [3.8, 4) is 5.75 Å². The first kappa shape index (κ1) is 20.6. The molecule has 150 valence electrons. The predicted octanol–water partition coefficient (Wildman–Crippen LogP) is 7.13. The minimum atomic E-state index is -0.877. The lowest BCUT2D eigenvalue weighted by molar-refractivity contribution is 0.313. The minimum Gasteiger partial charge on any atom is -0.491 e. The lowest BCUT2D eigenvalue weighted by Crippen LogP contribution is -2.11. The minimum absolute atomic E-state index is 0.00960. The van der Waals surface area contributed by atoms with E-state index in [0.717, 1.165) is 6.42 Å². The third-order valence-electron chi connectivity index (χ3n) is 5.74. The van der Waals surface area contributed by atoms with Gasteiger partial charge in [-0.15, -0.1) is 0 Å². The molecule has 0 atom stereocenters. The number of benzene rings is 2. The number of hydrogen-bond acceptors (Lipinski definition) is 1. The Kier molecular flexibility index (Phi) is 7.24. The van der Waals surface area contributed by atoms with Gasteiger partial charge in [0.15, 0.2) is 11.6 Å². The smallest absolute Gasteiger partial charge is 0.200 e. The van der Waals surface area contributed by atoms with Crippen LogP contribution < -0.4 is 4.74 Å². The summed E-state index contributed by atoms with van der Waals surface area (Å²) in [6.07, 6.45) is 10.5. The number of ether oxygens (including phenoxy) is 1. The van der Waals surface area contributed by atoms with Gasteiger partial charge in [-0.1, -0.05) is 48.0 Å². The number of rotatable bonds is 7. The summed E-state index contributed by atoms with van der Waals surface area (Å²) < 4.78 is 33.1. The Morgan fingerprint density at radius 2 is 1.68 bits per heavy atom. The first-order valence-electron chi connectivity index (χ1n) is 10.4. The molecule has 1 fully saturated rings. The Bertz CT molecular complexity index is 787. The molecule has 0 spiro atoms. The molecule has 0 unspecified atom stereocenters. The van der Waals surface area contributed by atoms with E-state index >= 15 is 0 Å². The molecule has 1 aliphatic rings. The largest absolute Gasteiger partial charge is 0.491 e. The van der Waals surface area contributed by atoms with Crippen LogP contribution >= 0.6 is 0 Å². The highest BCUT2D eigenvalue weighted by molar-refractivity contribution is 5.31. The Morgan fingerprint density at radius 1 is 0.964 bits per heavy atom. The second kappa shape index (κ2) is 9.86. The molecule has 28 heavy (non-hydrogen) atoms. The van der Waals surface area contributed by atoms with Crippen LogP contribution in [0.25, 0.3) is 0 Å². The molecule has 1 aliphatic carbocycles. The SMILES string of the molecule is CCOc1ccc(CCC=CC2CCC(c3ccc(C)cc3)CC2)c(F)c1F. The number of hydrogen-bond donors (Lipinski definition) is 0. The quantitative estimate of drug-likeness (QED) is 0.461. The predicted molar refractivity (Wildman–Crippen MR) is 111 cm³/mol. The van der Waals surface area contributed by atoms with Crippen LogP contribution in [-0.2, 0) is 6.42 Å². The van der Waals surface area contributed by atoms with Gasteiger partial charge in [0.1, 0.15) is 0 Å². The van der Waals surface area contributed by atoms with Crippen molar-refractivity contribution in [2.45, 2.75) is 58.3 Å². The molecule has 2 aromatic carbocycles. The van der Waals surface area contributed by atoms with E-state index in [1.54, 1.807) is 13.0 Å². The summed E-state index contributed by atoms with van der Waals surface area (Å²) in [6, 6.07) is 12.1. The molecule has 0 aliphatic heterocycles. The maximum absolute atomic E-state index is 14.1. The molecule has 2 aromatic rings. The highest BCUT2D eigenvalue weighted by Crippen LogP contribution is 2.36. The second-order valence-electron chi connectivity index (χ2n) is 7.77. The van der Waals surface area contributed by atoms with E-state index in [1.165, 1.54) is 42.9 Å². The molecular formula is C25H30F2O. The van der Waals surface area contributed by atoms with Crippen molar-refractivity contribution in [3.63, 3.8) is 0 Å². The topological polar surface area (TPSA) is 9.23 Å². The van der Waals surface area contributed by atoms with Crippen molar-refractivity contribution in [2.24, 2.45) is 5.92 Å². The van der Waals surface area contributed by atoms with Gasteiger partial charge in [-0.3, -0.25) is 0 Å². The maximum Gasteiger partial charge on any atom is 0.200 e. The molecule has 1 nitrogen and oxygen atoms in total. The molecule has 0 aromatic heterocycles. The van der Waals surface area contributed by atoms with E-state index in [-0.39, 0.29) is 5.75 Å². The average Bonchev–Trinajstić information content (AvgIpc) is 2.71. The van der Waals surface area contributed by atoms with Gasteiger partial charge in [-0.2, -0.15) is 4.39 Å². The van der Waals surface area contributed by atoms with Gasteiger partial charge >= 0.3 is 0 Å². The number of allylic oxidation sites excluding steroid dienone is 2. The Labute approximate surface area is 167 Å². The van der Waals surface area contributed by atoms with E-state index in [4.69, 9.17) is 4.74 Å². The van der Waals surface area contributed by atoms with Crippen molar-refractivity contribution in [1.82, 2.24) is 0 Å². The third kappa shape index (κ3) is 5.21. The molecular weight excluding hydrogens is 354 g/mol. The molecule has 0 N–H and O–H groups in total. The van der Waals surface area contributed by atoms with Gasteiger partial charge in [0.25, 0.3) is 0 Å². The van der Waals surface area contributed by atoms with Crippen molar-refractivity contribution in [1.29, 1.82) is 0 Å². The summed E-state index contributed by atoms with van der Waals surface area (Å²) in [5.74, 6) is -0.393. The van der Waals surface area contributed by atoms with Crippen LogP contribution in [0.1, 0.15) is 61.6 Å². The zero-order valence-electron chi connectivity index (χ0n) is 16.9. The summed E-state index contributed by atoms with van der Waals surface area (Å²) in [4.78, 5) is 0. The van der Waals surface area contributed by atoms with Crippen molar-refractivity contribution in [2.75, 3.05) is 6.61 Å². The molecule has 3 rings (SSSR count). The maximum atomic E-state index is 14.1. The highest BCUT2D eigenvalue weighted by Gasteiger charge is 2.20. The number of aryl methyl sites for hydroxylation is 2. The monoisotopic (exact) mass is 384 g/mol. The molecule has 3 heteroatoms. The summed E-state index contributed by atoms with van der Waals surface area (Å²) in [5, 5.41) is 0. The van der Waals surface area contributed by atoms with Crippen molar-refractivity contribution < 1.29 is 13.5 Å². The van der Waals surface area contributed by atoms with E-state index in [0.29, 0.717) is 30.4 Å². The number of halogens is 2. The lowest BCUT2D eigenvalue weighted by Gasteiger charge is -2.27. The molecule has 0 saturated heterocycles. The highest BCUT2D eigenvalue weighted by atomic mass is 19.2. The zero-order valence-corrected chi connectivity index (χ0v) is 16.9. The van der Waals surface area contributed by atoms with E-state index in [2.05, 4.69) is 43.3 Å². The van der Waals surface area contributed by atoms with Crippen molar-refractivity contribution >= 4 is 0 Å². The molecule has 0 amide bonds. The van der Waals surface area contributed by atoms with Crippen LogP contribution in [0, 0.1) is 24.5 Å². The summed E-state index contributed by atoms with van der Waals surface area (Å²) in [6.45, 7) is 4.20. The second-order valence-corrected chi connectivity index (χ2v) is 7.77. The Balaban J connectivity index is 1.46.